The molecule has 0 aromatic heterocycles. The number of hydrogen-bond acceptors (Lipinski definition) is 5. The number of nitriles is 1. The van der Waals surface area contributed by atoms with Gasteiger partial charge in [-0.05, 0) is 17.7 Å². The van der Waals surface area contributed by atoms with Crippen LogP contribution in [0.4, 0.5) is 4.79 Å². The third-order valence-corrected chi connectivity index (χ3v) is 4.49. The van der Waals surface area contributed by atoms with Gasteiger partial charge in [-0.3, -0.25) is 4.90 Å². The van der Waals surface area contributed by atoms with Crippen molar-refractivity contribution in [1.82, 2.24) is 10.2 Å². The standard InChI is InChI=1S/C21H19N3O4/c1-24-16(13-28-17-11-7-6-10-15(17)12-22)18(20(25)27-2)19(23-21(24)26)14-8-4-3-5-9-14/h3-11,19H,13H2,1-2H3,(H,23,26)/t19-/m0/s1. The molecule has 142 valence electrons. The van der Waals surface area contributed by atoms with Crippen molar-refractivity contribution in [3.63, 3.8) is 0 Å². The number of nitrogens with one attached hydrogen (secondary N) is 1. The van der Waals surface area contributed by atoms with Gasteiger partial charge in [-0.1, -0.05) is 42.5 Å². The molecule has 1 N–H and O–H groups in total. The van der Waals surface area contributed by atoms with E-state index in [9.17, 15) is 14.9 Å². The van der Waals surface area contributed by atoms with Crippen molar-refractivity contribution in [2.45, 2.75) is 6.04 Å². The maximum Gasteiger partial charge on any atom is 0.338 e. The summed E-state index contributed by atoms with van der Waals surface area (Å²) in [6.07, 6.45) is 0. The predicted octanol–water partition coefficient (Wildman–Crippen LogP) is 2.76. The number of carbonyl (C=O) groups is 2. The van der Waals surface area contributed by atoms with Crippen molar-refractivity contribution in [2.75, 3.05) is 20.8 Å². The second-order valence-electron chi connectivity index (χ2n) is 6.10. The Morgan fingerprint density at radius 1 is 1.18 bits per heavy atom. The third kappa shape index (κ3) is 3.67. The summed E-state index contributed by atoms with van der Waals surface area (Å²) in [5.74, 6) is -0.190. The van der Waals surface area contributed by atoms with E-state index in [2.05, 4.69) is 11.4 Å². The van der Waals surface area contributed by atoms with Crippen molar-refractivity contribution in [2.24, 2.45) is 0 Å². The number of ether oxygens (including phenoxy) is 2. The van der Waals surface area contributed by atoms with Gasteiger partial charge in [-0.15, -0.1) is 0 Å². The minimum atomic E-state index is -0.665. The number of benzene rings is 2. The van der Waals surface area contributed by atoms with Crippen LogP contribution in [0.25, 0.3) is 0 Å². The van der Waals surface area contributed by atoms with Gasteiger partial charge in [-0.25, -0.2) is 9.59 Å². The summed E-state index contributed by atoms with van der Waals surface area (Å²) in [5.41, 5.74) is 1.77. The van der Waals surface area contributed by atoms with Crippen LogP contribution in [0.2, 0.25) is 0 Å². The Balaban J connectivity index is 2.03. The quantitative estimate of drug-likeness (QED) is 0.809. The van der Waals surface area contributed by atoms with Gasteiger partial charge in [0, 0.05) is 7.05 Å². The molecule has 7 heteroatoms. The largest absolute Gasteiger partial charge is 0.486 e. The second-order valence-corrected chi connectivity index (χ2v) is 6.10. The zero-order chi connectivity index (χ0) is 20.1. The topological polar surface area (TPSA) is 91.7 Å². The lowest BCUT2D eigenvalue weighted by Gasteiger charge is -2.34. The number of carbonyl (C=O) groups excluding carboxylic acids is 2. The Labute approximate surface area is 162 Å². The Hall–Kier alpha value is -3.79. The van der Waals surface area contributed by atoms with E-state index in [1.807, 2.05) is 30.3 Å². The summed E-state index contributed by atoms with van der Waals surface area (Å²) in [7, 11) is 2.84. The molecule has 0 unspecified atom stereocenters. The van der Waals surface area contributed by atoms with Crippen LogP contribution in [0.15, 0.2) is 65.9 Å². The Morgan fingerprint density at radius 3 is 2.54 bits per heavy atom. The summed E-state index contributed by atoms with van der Waals surface area (Å²) in [6.45, 7) is -0.0730. The minimum absolute atomic E-state index is 0.0730. The van der Waals surface area contributed by atoms with Crippen LogP contribution in [-0.2, 0) is 9.53 Å². The first-order valence-electron chi connectivity index (χ1n) is 8.59. The van der Waals surface area contributed by atoms with E-state index in [4.69, 9.17) is 9.47 Å². The molecule has 1 aliphatic rings. The molecule has 0 radical (unpaired) electrons. The Bertz CT molecular complexity index is 963. The molecule has 28 heavy (non-hydrogen) atoms. The van der Waals surface area contributed by atoms with E-state index in [0.717, 1.165) is 5.56 Å². The van der Waals surface area contributed by atoms with E-state index < -0.39 is 12.0 Å². The molecule has 0 fully saturated rings. The number of para-hydroxylation sites is 1. The summed E-state index contributed by atoms with van der Waals surface area (Å²) in [4.78, 5) is 26.4. The van der Waals surface area contributed by atoms with E-state index in [1.165, 1.54) is 12.0 Å². The number of likely N-dealkylation sites (N-methyl/N-ethyl adjacent to an activating group) is 1. The molecule has 0 spiro atoms. The first-order valence-corrected chi connectivity index (χ1v) is 8.59. The zero-order valence-corrected chi connectivity index (χ0v) is 15.5. The molecule has 2 aromatic rings. The van der Waals surface area contributed by atoms with Crippen LogP contribution in [0, 0.1) is 11.3 Å². The molecule has 0 aliphatic carbocycles. The monoisotopic (exact) mass is 377 g/mol. The van der Waals surface area contributed by atoms with E-state index in [0.29, 0.717) is 17.0 Å². The van der Waals surface area contributed by atoms with Crippen molar-refractivity contribution in [1.29, 1.82) is 5.26 Å². The lowest BCUT2D eigenvalue weighted by atomic mass is 9.95. The average Bonchev–Trinajstić information content (AvgIpc) is 2.74. The molecule has 0 saturated carbocycles. The molecule has 0 bridgehead atoms. The number of methoxy groups -OCH3 is 1. The molecular weight excluding hydrogens is 358 g/mol. The summed E-state index contributed by atoms with van der Waals surface area (Å²) >= 11 is 0. The fourth-order valence-electron chi connectivity index (χ4n) is 3.01. The zero-order valence-electron chi connectivity index (χ0n) is 15.5. The number of nitrogens with zero attached hydrogens (tertiary/aromatic N) is 2. The fourth-order valence-corrected chi connectivity index (χ4v) is 3.01. The lowest BCUT2D eigenvalue weighted by Crippen LogP contribution is -2.48. The van der Waals surface area contributed by atoms with Crippen LogP contribution in [-0.4, -0.2) is 37.7 Å². The molecule has 7 nitrogen and oxygen atoms in total. The van der Waals surface area contributed by atoms with Crippen LogP contribution >= 0.6 is 0 Å². The van der Waals surface area contributed by atoms with Crippen molar-refractivity contribution >= 4 is 12.0 Å². The SMILES string of the molecule is COC(=O)C1=C(COc2ccccc2C#N)N(C)C(=O)N[C@H]1c1ccccc1. The maximum atomic E-state index is 12.6. The van der Waals surface area contributed by atoms with Gasteiger partial charge in [-0.2, -0.15) is 5.26 Å². The molecule has 1 heterocycles. The second kappa shape index (κ2) is 8.27. The number of urea groups is 1. The van der Waals surface area contributed by atoms with Crippen molar-refractivity contribution in [3.05, 3.63) is 77.0 Å². The highest BCUT2D eigenvalue weighted by Gasteiger charge is 2.36. The maximum absolute atomic E-state index is 12.6. The molecule has 2 aromatic carbocycles. The first kappa shape index (κ1) is 19.0. The van der Waals surface area contributed by atoms with Gasteiger partial charge in [0.25, 0.3) is 0 Å². The van der Waals surface area contributed by atoms with Crippen LogP contribution in [0.1, 0.15) is 17.2 Å². The van der Waals surface area contributed by atoms with E-state index in [1.54, 1.807) is 31.3 Å². The molecule has 1 aliphatic heterocycles. The molecule has 2 amide bonds. The number of esters is 1. The normalized spacial score (nSPS) is 16.2. The molecular formula is C21H19N3O4. The van der Waals surface area contributed by atoms with E-state index >= 15 is 0 Å². The lowest BCUT2D eigenvalue weighted by molar-refractivity contribution is -0.136. The highest BCUT2D eigenvalue weighted by molar-refractivity contribution is 5.95. The van der Waals surface area contributed by atoms with Gasteiger partial charge in [0.15, 0.2) is 0 Å². The first-order chi connectivity index (χ1) is 13.6. The molecule has 3 rings (SSSR count). The summed E-state index contributed by atoms with van der Waals surface area (Å²) in [6, 6.07) is 17.0. The van der Waals surface area contributed by atoms with Crippen molar-refractivity contribution in [3.8, 4) is 11.8 Å². The molecule has 0 saturated heterocycles. The highest BCUT2D eigenvalue weighted by atomic mass is 16.5. The Kier molecular flexibility index (Phi) is 5.61. The van der Waals surface area contributed by atoms with E-state index in [-0.39, 0.29) is 18.2 Å². The van der Waals surface area contributed by atoms with Gasteiger partial charge >= 0.3 is 12.0 Å². The number of rotatable bonds is 5. The number of amides is 2. The number of hydrogen-bond donors (Lipinski definition) is 1. The molecule has 1 atom stereocenters. The minimum Gasteiger partial charge on any atom is -0.486 e. The summed E-state index contributed by atoms with van der Waals surface area (Å²) < 4.78 is 10.8. The third-order valence-electron chi connectivity index (χ3n) is 4.49. The van der Waals surface area contributed by atoms with Gasteiger partial charge in [0.2, 0.25) is 0 Å². The highest BCUT2D eigenvalue weighted by Crippen LogP contribution is 2.31. The van der Waals surface area contributed by atoms with Crippen LogP contribution in [0.3, 0.4) is 0 Å². The van der Waals surface area contributed by atoms with Crippen molar-refractivity contribution < 1.29 is 19.1 Å². The van der Waals surface area contributed by atoms with Gasteiger partial charge < -0.3 is 14.8 Å². The van der Waals surface area contributed by atoms with Crippen LogP contribution < -0.4 is 10.1 Å². The fraction of sp³-hybridized carbons (Fsp3) is 0.190. The Morgan fingerprint density at radius 2 is 1.86 bits per heavy atom. The summed E-state index contributed by atoms with van der Waals surface area (Å²) in [5, 5.41) is 12.0. The predicted molar refractivity (Wildman–Crippen MR) is 101 cm³/mol. The smallest absolute Gasteiger partial charge is 0.338 e. The van der Waals surface area contributed by atoms with Crippen LogP contribution in [0.5, 0.6) is 5.75 Å². The van der Waals surface area contributed by atoms with Gasteiger partial charge in [0.05, 0.1) is 30.0 Å². The van der Waals surface area contributed by atoms with Gasteiger partial charge in [0.1, 0.15) is 18.4 Å². The average molecular weight is 377 g/mol.